The Morgan fingerprint density at radius 3 is 2.74 bits per heavy atom. The van der Waals surface area contributed by atoms with Crippen molar-refractivity contribution in [2.75, 3.05) is 20.3 Å². The maximum absolute atomic E-state index is 12.9. The molecular weight excluding hydrogens is 461 g/mol. The van der Waals surface area contributed by atoms with Crippen molar-refractivity contribution in [2.24, 2.45) is 0 Å². The zero-order valence-electron chi connectivity index (χ0n) is 19.3. The monoisotopic (exact) mass is 488 g/mol. The van der Waals surface area contributed by atoms with Crippen LogP contribution in [0.2, 0.25) is 0 Å². The molecular formula is C25H27F3N4O3. The van der Waals surface area contributed by atoms with Gasteiger partial charge in [0, 0.05) is 11.5 Å². The predicted octanol–water partition coefficient (Wildman–Crippen LogP) is 4.99. The summed E-state index contributed by atoms with van der Waals surface area (Å²) < 4.78 is 54.9. The van der Waals surface area contributed by atoms with Gasteiger partial charge in [-0.2, -0.15) is 5.10 Å². The Labute approximate surface area is 201 Å². The van der Waals surface area contributed by atoms with Crippen LogP contribution < -0.4 is 9.47 Å². The zero-order chi connectivity index (χ0) is 24.5. The molecule has 3 aromatic rings. The predicted molar refractivity (Wildman–Crippen MR) is 121 cm³/mol. The molecule has 0 saturated carbocycles. The number of benzene rings is 2. The average molecular weight is 489 g/mol. The molecule has 0 aliphatic carbocycles. The number of likely N-dealkylation sites (tertiary alicyclic amines) is 1. The van der Waals surface area contributed by atoms with E-state index < -0.39 is 12.0 Å². The normalized spacial score (nSPS) is 25.1. The smallest absolute Gasteiger partial charge is 0.496 e. The fraction of sp³-hybridized carbons (Fsp3) is 0.440. The Kier molecular flexibility index (Phi) is 6.41. The summed E-state index contributed by atoms with van der Waals surface area (Å²) in [5, 5.41) is 6.92. The summed E-state index contributed by atoms with van der Waals surface area (Å²) >= 11 is 0. The Balaban J connectivity index is 1.47. The second-order valence-electron chi connectivity index (χ2n) is 9.05. The van der Waals surface area contributed by atoms with Crippen LogP contribution >= 0.6 is 0 Å². The molecule has 0 unspecified atom stereocenters. The molecule has 5 rings (SSSR count). The lowest BCUT2D eigenvalue weighted by Gasteiger charge is -2.47. The quantitative estimate of drug-likeness (QED) is 0.527. The minimum Gasteiger partial charge on any atom is -0.496 e. The number of nitrogens with one attached hydrogen (secondary N) is 1. The summed E-state index contributed by atoms with van der Waals surface area (Å²) in [5.41, 5.74) is 1.29. The number of hydrogen-bond acceptors (Lipinski definition) is 6. The average Bonchev–Trinajstić information content (AvgIpc) is 3.49. The molecule has 2 saturated heterocycles. The fourth-order valence-electron chi connectivity index (χ4n) is 5.59. The third-order valence-electron chi connectivity index (χ3n) is 6.88. The maximum atomic E-state index is 12.9. The van der Waals surface area contributed by atoms with Gasteiger partial charge in [-0.15, -0.1) is 13.2 Å². The lowest BCUT2D eigenvalue weighted by atomic mass is 9.75. The molecule has 2 fully saturated rings. The highest BCUT2D eigenvalue weighted by Crippen LogP contribution is 2.52. The number of H-pyrrole nitrogens is 1. The van der Waals surface area contributed by atoms with Crippen molar-refractivity contribution in [1.29, 1.82) is 0 Å². The van der Waals surface area contributed by atoms with Crippen LogP contribution in [0.1, 0.15) is 48.2 Å². The third-order valence-corrected chi connectivity index (χ3v) is 6.88. The second-order valence-corrected chi connectivity index (χ2v) is 9.05. The summed E-state index contributed by atoms with van der Waals surface area (Å²) in [5.74, 6) is 0.898. The van der Waals surface area contributed by atoms with Crippen LogP contribution in [0.25, 0.3) is 0 Å². The molecule has 10 heteroatoms. The van der Waals surface area contributed by atoms with Gasteiger partial charge in [-0.3, -0.25) is 10.00 Å². The first kappa shape index (κ1) is 23.6. The highest BCUT2D eigenvalue weighted by atomic mass is 19.4. The first-order chi connectivity index (χ1) is 16.9. The molecule has 0 bridgehead atoms. The molecule has 2 aliphatic heterocycles. The number of ether oxygens (including phenoxy) is 3. The van der Waals surface area contributed by atoms with Crippen LogP contribution in [0.4, 0.5) is 13.2 Å². The van der Waals surface area contributed by atoms with E-state index in [-0.39, 0.29) is 17.7 Å². The SMILES string of the molecule is COc1ccc(OC(F)(F)F)cc1[C@H]1CO[C@]2(CCCN(Cc3ncn[nH]3)[C@H]2c2ccccc2)C1. The van der Waals surface area contributed by atoms with Gasteiger partial charge in [-0.25, -0.2) is 4.98 Å². The number of hydrogen-bond donors (Lipinski definition) is 1. The van der Waals surface area contributed by atoms with E-state index >= 15 is 0 Å². The van der Waals surface area contributed by atoms with Gasteiger partial charge in [-0.05, 0) is 49.6 Å². The molecule has 1 aromatic heterocycles. The lowest BCUT2D eigenvalue weighted by Crippen LogP contribution is -2.50. The molecule has 1 N–H and O–H groups in total. The maximum Gasteiger partial charge on any atom is 0.573 e. The van der Waals surface area contributed by atoms with Gasteiger partial charge < -0.3 is 14.2 Å². The van der Waals surface area contributed by atoms with Gasteiger partial charge in [0.2, 0.25) is 0 Å². The van der Waals surface area contributed by atoms with E-state index in [2.05, 4.69) is 37.0 Å². The van der Waals surface area contributed by atoms with Gasteiger partial charge in [0.1, 0.15) is 23.7 Å². The molecule has 0 amide bonds. The molecule has 2 aromatic carbocycles. The number of methoxy groups -OCH3 is 1. The van der Waals surface area contributed by atoms with Crippen molar-refractivity contribution in [3.63, 3.8) is 0 Å². The van der Waals surface area contributed by atoms with Crippen LogP contribution in [0.15, 0.2) is 54.9 Å². The summed E-state index contributed by atoms with van der Waals surface area (Å²) in [7, 11) is 1.52. The van der Waals surface area contributed by atoms with Crippen LogP contribution in [0, 0.1) is 0 Å². The van der Waals surface area contributed by atoms with Gasteiger partial charge in [0.05, 0.1) is 31.9 Å². The van der Waals surface area contributed by atoms with Gasteiger partial charge in [-0.1, -0.05) is 30.3 Å². The molecule has 1 spiro atoms. The Morgan fingerprint density at radius 2 is 2.03 bits per heavy atom. The van der Waals surface area contributed by atoms with E-state index in [0.717, 1.165) is 30.8 Å². The van der Waals surface area contributed by atoms with E-state index in [9.17, 15) is 13.2 Å². The lowest BCUT2D eigenvalue weighted by molar-refractivity contribution is -0.274. The largest absolute Gasteiger partial charge is 0.573 e. The molecule has 186 valence electrons. The fourth-order valence-corrected chi connectivity index (χ4v) is 5.59. The molecule has 3 heterocycles. The zero-order valence-corrected chi connectivity index (χ0v) is 19.3. The number of nitrogens with zero attached hydrogens (tertiary/aromatic N) is 3. The standard InChI is InChI=1S/C25H27F3N4O3/c1-33-21-9-8-19(35-25(26,27)28)12-20(21)18-13-24(34-15-18)10-5-11-32(14-22-29-16-30-31-22)23(24)17-6-3-2-4-7-17/h2-4,6-9,12,16,18,23H,5,10-11,13-15H2,1H3,(H,29,30,31)/t18-,23+,24-/m1/s1. The molecule has 0 radical (unpaired) electrons. The topological polar surface area (TPSA) is 72.5 Å². The Bertz CT molecular complexity index is 1130. The first-order valence-electron chi connectivity index (χ1n) is 11.6. The van der Waals surface area contributed by atoms with Crippen molar-refractivity contribution in [2.45, 2.75) is 49.7 Å². The van der Waals surface area contributed by atoms with Crippen molar-refractivity contribution in [3.8, 4) is 11.5 Å². The van der Waals surface area contributed by atoms with Crippen LogP contribution in [0.3, 0.4) is 0 Å². The van der Waals surface area contributed by atoms with E-state index in [1.54, 1.807) is 0 Å². The molecule has 35 heavy (non-hydrogen) atoms. The first-order valence-corrected chi connectivity index (χ1v) is 11.6. The van der Waals surface area contributed by atoms with Crippen LogP contribution in [-0.4, -0.2) is 52.3 Å². The van der Waals surface area contributed by atoms with E-state index in [0.29, 0.717) is 30.9 Å². The number of piperidine rings is 1. The highest BCUT2D eigenvalue weighted by molar-refractivity contribution is 5.43. The van der Waals surface area contributed by atoms with E-state index in [4.69, 9.17) is 9.47 Å². The van der Waals surface area contributed by atoms with E-state index in [1.165, 1.54) is 31.6 Å². The molecule has 2 aliphatic rings. The van der Waals surface area contributed by atoms with Crippen LogP contribution in [0.5, 0.6) is 11.5 Å². The van der Waals surface area contributed by atoms with Crippen molar-refractivity contribution >= 4 is 0 Å². The third kappa shape index (κ3) is 4.99. The summed E-state index contributed by atoms with van der Waals surface area (Å²) in [6.45, 7) is 1.84. The number of aromatic amines is 1. The number of rotatable bonds is 6. The van der Waals surface area contributed by atoms with Crippen molar-refractivity contribution < 1.29 is 27.4 Å². The van der Waals surface area contributed by atoms with Gasteiger partial charge in [0.15, 0.2) is 0 Å². The second kappa shape index (κ2) is 9.50. The Hall–Kier alpha value is -3.11. The van der Waals surface area contributed by atoms with Crippen molar-refractivity contribution in [1.82, 2.24) is 20.1 Å². The Morgan fingerprint density at radius 1 is 1.20 bits per heavy atom. The van der Waals surface area contributed by atoms with Crippen LogP contribution in [-0.2, 0) is 11.3 Å². The molecule has 7 nitrogen and oxygen atoms in total. The van der Waals surface area contributed by atoms with E-state index in [1.807, 2.05) is 18.2 Å². The number of alkyl halides is 3. The summed E-state index contributed by atoms with van der Waals surface area (Å²) in [6, 6.07) is 14.4. The number of aromatic nitrogens is 3. The highest BCUT2D eigenvalue weighted by Gasteiger charge is 2.52. The summed E-state index contributed by atoms with van der Waals surface area (Å²) in [4.78, 5) is 6.66. The van der Waals surface area contributed by atoms with Gasteiger partial charge >= 0.3 is 6.36 Å². The van der Waals surface area contributed by atoms with Crippen molar-refractivity contribution in [3.05, 3.63) is 71.8 Å². The minimum atomic E-state index is -4.76. The number of halogens is 3. The minimum absolute atomic E-state index is 0.0480. The summed E-state index contributed by atoms with van der Waals surface area (Å²) in [6.07, 6.45) is -0.847. The molecule has 3 atom stereocenters. The van der Waals surface area contributed by atoms with Gasteiger partial charge in [0.25, 0.3) is 0 Å².